The first-order valence-electron chi connectivity index (χ1n) is 3.95. The van der Waals surface area contributed by atoms with Gasteiger partial charge < -0.3 is 10.1 Å². The summed E-state index contributed by atoms with van der Waals surface area (Å²) in [6.45, 7) is 5.27. The number of halogens is 1. The van der Waals surface area contributed by atoms with Crippen LogP contribution in [0.1, 0.15) is 6.92 Å². The Kier molecular flexibility index (Phi) is 3.91. The van der Waals surface area contributed by atoms with Gasteiger partial charge in [-0.2, -0.15) is 0 Å². The van der Waals surface area contributed by atoms with Crippen molar-refractivity contribution in [3.8, 4) is 0 Å². The molecular formula is C8H14ClNO. The molecule has 2 nitrogen and oxygen atoms in total. The number of rotatable bonds is 3. The number of alkyl halides is 1. The Balaban J connectivity index is 2.31. The fraction of sp³-hybridized carbons (Fsp3) is 0.750. The summed E-state index contributed by atoms with van der Waals surface area (Å²) in [5, 5.41) is 3.35. The summed E-state index contributed by atoms with van der Waals surface area (Å²) < 4.78 is 5.25. The van der Waals surface area contributed by atoms with E-state index in [2.05, 4.69) is 11.4 Å². The summed E-state index contributed by atoms with van der Waals surface area (Å²) in [7, 11) is 0. The first-order valence-corrected chi connectivity index (χ1v) is 4.38. The van der Waals surface area contributed by atoms with Crippen LogP contribution >= 0.6 is 11.6 Å². The van der Waals surface area contributed by atoms with Gasteiger partial charge in [0.25, 0.3) is 0 Å². The minimum absolute atomic E-state index is 0.138. The zero-order valence-electron chi connectivity index (χ0n) is 6.77. The van der Waals surface area contributed by atoms with Gasteiger partial charge in [-0.1, -0.05) is 6.08 Å². The van der Waals surface area contributed by atoms with Crippen LogP contribution < -0.4 is 5.32 Å². The molecule has 3 heteroatoms. The molecule has 1 aliphatic rings. The highest BCUT2D eigenvalue weighted by Crippen LogP contribution is 2.07. The van der Waals surface area contributed by atoms with Gasteiger partial charge in [0.15, 0.2) is 0 Å². The van der Waals surface area contributed by atoms with E-state index in [0.29, 0.717) is 6.61 Å². The molecule has 1 aliphatic heterocycles. The van der Waals surface area contributed by atoms with Crippen molar-refractivity contribution < 1.29 is 4.74 Å². The minimum atomic E-state index is 0.138. The molecule has 0 radical (unpaired) electrons. The second-order valence-electron chi connectivity index (χ2n) is 2.61. The number of hydrogen-bond acceptors (Lipinski definition) is 2. The lowest BCUT2D eigenvalue weighted by molar-refractivity contribution is 0.168. The maximum atomic E-state index is 5.90. The number of nitrogens with one attached hydrogen (secondary N) is 1. The smallest absolute Gasteiger partial charge is 0.0689 e. The normalized spacial score (nSPS) is 24.9. The molecule has 1 unspecified atom stereocenters. The third kappa shape index (κ3) is 3.23. The van der Waals surface area contributed by atoms with Crippen molar-refractivity contribution in [2.45, 2.75) is 12.3 Å². The van der Waals surface area contributed by atoms with Crippen LogP contribution in [0.5, 0.6) is 0 Å². The molecular weight excluding hydrogens is 162 g/mol. The van der Waals surface area contributed by atoms with E-state index < -0.39 is 0 Å². The third-order valence-corrected chi connectivity index (χ3v) is 1.88. The lowest BCUT2D eigenvalue weighted by atomic mass is 10.1. The van der Waals surface area contributed by atoms with Crippen molar-refractivity contribution in [3.05, 3.63) is 11.6 Å². The van der Waals surface area contributed by atoms with Crippen LogP contribution in [0, 0.1) is 0 Å². The molecule has 1 N–H and O–H groups in total. The second kappa shape index (κ2) is 4.75. The standard InChI is InChI=1S/C8H14ClNO/c1-2-11-6-7-3-8(9)5-10-4-7/h3,8,10H,2,4-6H2,1H3. The van der Waals surface area contributed by atoms with E-state index >= 15 is 0 Å². The predicted octanol–water partition coefficient (Wildman–Crippen LogP) is 1.16. The average molecular weight is 176 g/mol. The summed E-state index contributed by atoms with van der Waals surface area (Å²) in [5.74, 6) is 0. The zero-order chi connectivity index (χ0) is 8.10. The fourth-order valence-corrected chi connectivity index (χ4v) is 1.36. The number of hydrogen-bond donors (Lipinski definition) is 1. The summed E-state index contributed by atoms with van der Waals surface area (Å²) in [4.78, 5) is 0. The van der Waals surface area contributed by atoms with Crippen LogP contribution in [-0.2, 0) is 4.74 Å². The topological polar surface area (TPSA) is 21.3 Å². The van der Waals surface area contributed by atoms with Gasteiger partial charge in [-0.3, -0.25) is 0 Å². The van der Waals surface area contributed by atoms with E-state index in [1.165, 1.54) is 5.57 Å². The van der Waals surface area contributed by atoms with Crippen molar-refractivity contribution in [2.24, 2.45) is 0 Å². The van der Waals surface area contributed by atoms with Gasteiger partial charge in [-0.05, 0) is 12.5 Å². The highest BCUT2D eigenvalue weighted by molar-refractivity contribution is 6.22. The lowest BCUT2D eigenvalue weighted by Crippen LogP contribution is -2.30. The summed E-state index contributed by atoms with van der Waals surface area (Å²) in [5.41, 5.74) is 1.26. The summed E-state index contributed by atoms with van der Waals surface area (Å²) >= 11 is 5.90. The van der Waals surface area contributed by atoms with Crippen LogP contribution in [0.4, 0.5) is 0 Å². The van der Waals surface area contributed by atoms with Crippen LogP contribution in [0.2, 0.25) is 0 Å². The molecule has 64 valence electrons. The van der Waals surface area contributed by atoms with Gasteiger partial charge in [0.1, 0.15) is 0 Å². The van der Waals surface area contributed by atoms with E-state index in [9.17, 15) is 0 Å². The molecule has 1 atom stereocenters. The second-order valence-corrected chi connectivity index (χ2v) is 3.17. The van der Waals surface area contributed by atoms with E-state index in [1.54, 1.807) is 0 Å². The number of ether oxygens (including phenoxy) is 1. The van der Waals surface area contributed by atoms with E-state index in [1.807, 2.05) is 6.92 Å². The van der Waals surface area contributed by atoms with Crippen molar-refractivity contribution in [1.29, 1.82) is 0 Å². The Morgan fingerprint density at radius 2 is 2.64 bits per heavy atom. The van der Waals surface area contributed by atoms with Gasteiger partial charge in [0, 0.05) is 19.7 Å². The van der Waals surface area contributed by atoms with Gasteiger partial charge in [-0.25, -0.2) is 0 Å². The molecule has 0 saturated carbocycles. The highest BCUT2D eigenvalue weighted by Gasteiger charge is 2.09. The first-order chi connectivity index (χ1) is 5.33. The largest absolute Gasteiger partial charge is 0.377 e. The van der Waals surface area contributed by atoms with Crippen molar-refractivity contribution >= 4 is 11.6 Å². The summed E-state index contributed by atoms with van der Waals surface area (Å²) in [6, 6.07) is 0. The quantitative estimate of drug-likeness (QED) is 0.514. The molecule has 11 heavy (non-hydrogen) atoms. The Bertz CT molecular complexity index is 147. The highest BCUT2D eigenvalue weighted by atomic mass is 35.5. The van der Waals surface area contributed by atoms with E-state index in [0.717, 1.165) is 19.7 Å². The van der Waals surface area contributed by atoms with Crippen LogP contribution in [-0.4, -0.2) is 31.7 Å². The van der Waals surface area contributed by atoms with Crippen LogP contribution in [0.15, 0.2) is 11.6 Å². The molecule has 0 spiro atoms. The maximum Gasteiger partial charge on any atom is 0.0689 e. The van der Waals surface area contributed by atoms with Gasteiger partial charge in [-0.15, -0.1) is 11.6 Å². The Morgan fingerprint density at radius 1 is 1.82 bits per heavy atom. The predicted molar refractivity (Wildman–Crippen MR) is 47.1 cm³/mol. The molecule has 1 heterocycles. The SMILES string of the molecule is CCOCC1=CC(Cl)CNC1. The molecule has 0 aromatic heterocycles. The molecule has 0 saturated heterocycles. The molecule has 0 fully saturated rings. The molecule has 0 aromatic rings. The lowest BCUT2D eigenvalue weighted by Gasteiger charge is -2.17. The van der Waals surface area contributed by atoms with E-state index in [4.69, 9.17) is 16.3 Å². The monoisotopic (exact) mass is 175 g/mol. The van der Waals surface area contributed by atoms with Gasteiger partial charge in [0.2, 0.25) is 0 Å². The molecule has 0 aromatic carbocycles. The Morgan fingerprint density at radius 3 is 3.27 bits per heavy atom. The molecule has 0 amide bonds. The van der Waals surface area contributed by atoms with Crippen molar-refractivity contribution in [3.63, 3.8) is 0 Å². The zero-order valence-corrected chi connectivity index (χ0v) is 7.53. The maximum absolute atomic E-state index is 5.90. The average Bonchev–Trinajstić information content (AvgIpc) is 2.01. The molecule has 0 bridgehead atoms. The third-order valence-electron chi connectivity index (χ3n) is 1.60. The van der Waals surface area contributed by atoms with Crippen LogP contribution in [0.25, 0.3) is 0 Å². The van der Waals surface area contributed by atoms with Crippen molar-refractivity contribution in [1.82, 2.24) is 5.32 Å². The van der Waals surface area contributed by atoms with Gasteiger partial charge >= 0.3 is 0 Å². The molecule has 0 aliphatic carbocycles. The van der Waals surface area contributed by atoms with E-state index in [-0.39, 0.29) is 5.38 Å². The molecule has 1 rings (SSSR count). The van der Waals surface area contributed by atoms with Crippen molar-refractivity contribution in [2.75, 3.05) is 26.3 Å². The van der Waals surface area contributed by atoms with Gasteiger partial charge in [0.05, 0.1) is 12.0 Å². The fourth-order valence-electron chi connectivity index (χ4n) is 1.08. The summed E-state index contributed by atoms with van der Waals surface area (Å²) in [6.07, 6.45) is 2.08. The first kappa shape index (κ1) is 9.04. The Hall–Kier alpha value is -0.0500. The Labute approximate surface area is 72.6 Å². The minimum Gasteiger partial charge on any atom is -0.377 e. The van der Waals surface area contributed by atoms with Crippen LogP contribution in [0.3, 0.4) is 0 Å².